The minimum atomic E-state index is -0.952. The number of piperidine rings is 1. The molecule has 2 saturated heterocycles. The Balaban J connectivity index is 1.63. The van der Waals surface area contributed by atoms with Gasteiger partial charge >= 0.3 is 12.1 Å². The summed E-state index contributed by atoms with van der Waals surface area (Å²) in [7, 11) is 0. The molecular formula is C20H34N2O4. The second kappa shape index (κ2) is 7.75. The summed E-state index contributed by atoms with van der Waals surface area (Å²) in [4.78, 5) is 26.6. The van der Waals surface area contributed by atoms with E-state index in [0.29, 0.717) is 18.1 Å². The van der Waals surface area contributed by atoms with E-state index in [1.54, 1.807) is 20.8 Å². The third-order valence-corrected chi connectivity index (χ3v) is 6.23. The average molecular weight is 367 g/mol. The van der Waals surface area contributed by atoms with Crippen LogP contribution in [-0.4, -0.2) is 51.8 Å². The number of nitrogens with one attached hydrogen (secondary N) is 1. The molecule has 3 atom stereocenters. The number of ether oxygens (including phenoxy) is 1. The highest BCUT2D eigenvalue weighted by molar-refractivity contribution is 5.80. The van der Waals surface area contributed by atoms with Crippen LogP contribution in [0.25, 0.3) is 0 Å². The summed E-state index contributed by atoms with van der Waals surface area (Å²) < 4.78 is 5.27. The number of nitrogens with zero attached hydrogens (tertiary/aromatic N) is 1. The molecule has 0 aromatic heterocycles. The Hall–Kier alpha value is -1.30. The number of hydrogen-bond donors (Lipinski definition) is 2. The molecular weight excluding hydrogens is 332 g/mol. The number of carbonyl (C=O) groups is 2. The predicted molar refractivity (Wildman–Crippen MR) is 99.0 cm³/mol. The van der Waals surface area contributed by atoms with Gasteiger partial charge in [0, 0.05) is 18.1 Å². The van der Waals surface area contributed by atoms with Gasteiger partial charge in [-0.1, -0.05) is 19.3 Å². The number of alkyl carbamates (subject to hydrolysis) is 1. The normalized spacial score (nSPS) is 31.4. The second-order valence-corrected chi connectivity index (χ2v) is 9.32. The first-order valence-electron chi connectivity index (χ1n) is 10.2. The predicted octanol–water partition coefficient (Wildman–Crippen LogP) is 3.54. The van der Waals surface area contributed by atoms with Crippen LogP contribution in [-0.2, 0) is 9.53 Å². The third-order valence-electron chi connectivity index (χ3n) is 6.23. The highest BCUT2D eigenvalue weighted by Crippen LogP contribution is 2.43. The summed E-state index contributed by atoms with van der Waals surface area (Å²) in [6.07, 6.45) is 9.98. The van der Waals surface area contributed by atoms with E-state index in [1.165, 1.54) is 32.1 Å². The van der Waals surface area contributed by atoms with E-state index in [-0.39, 0.29) is 5.92 Å². The minimum absolute atomic E-state index is 0.0163. The molecule has 1 aliphatic carbocycles. The van der Waals surface area contributed by atoms with E-state index in [2.05, 4.69) is 10.2 Å². The Morgan fingerprint density at radius 1 is 1.00 bits per heavy atom. The van der Waals surface area contributed by atoms with E-state index in [9.17, 15) is 14.7 Å². The lowest BCUT2D eigenvalue weighted by Gasteiger charge is -2.46. The van der Waals surface area contributed by atoms with Crippen molar-refractivity contribution in [2.24, 2.45) is 5.92 Å². The lowest BCUT2D eigenvalue weighted by Crippen LogP contribution is -2.55. The zero-order valence-electron chi connectivity index (χ0n) is 16.4. The highest BCUT2D eigenvalue weighted by atomic mass is 16.6. The van der Waals surface area contributed by atoms with Crippen molar-refractivity contribution >= 4 is 12.1 Å². The first-order valence-corrected chi connectivity index (χ1v) is 10.2. The van der Waals surface area contributed by atoms with E-state index in [1.807, 2.05) is 0 Å². The van der Waals surface area contributed by atoms with Gasteiger partial charge in [-0.25, -0.2) is 9.59 Å². The van der Waals surface area contributed by atoms with Gasteiger partial charge in [-0.3, -0.25) is 4.90 Å². The van der Waals surface area contributed by atoms with Gasteiger partial charge in [-0.05, 0) is 65.2 Å². The first kappa shape index (κ1) is 19.5. The van der Waals surface area contributed by atoms with Gasteiger partial charge in [0.15, 0.2) is 0 Å². The summed E-state index contributed by atoms with van der Waals surface area (Å²) >= 11 is 0. The maximum Gasteiger partial charge on any atom is 0.408 e. The maximum atomic E-state index is 12.1. The van der Waals surface area contributed by atoms with Gasteiger partial charge in [-0.15, -0.1) is 0 Å². The molecule has 0 spiro atoms. The SMILES string of the molecule is CC(C)(C)OC(=O)N[C@H](C(=O)O)C1CC2CCC(C1)N2C1CCCCC1. The molecule has 2 unspecified atom stereocenters. The number of hydrogen-bond acceptors (Lipinski definition) is 4. The van der Waals surface area contributed by atoms with Crippen molar-refractivity contribution in [3.05, 3.63) is 0 Å². The molecule has 1 amide bonds. The third kappa shape index (κ3) is 4.51. The van der Waals surface area contributed by atoms with Crippen LogP contribution in [0.2, 0.25) is 0 Å². The van der Waals surface area contributed by atoms with Gasteiger partial charge < -0.3 is 15.2 Å². The molecule has 0 aromatic carbocycles. The summed E-state index contributed by atoms with van der Waals surface area (Å²) in [5.74, 6) is -0.969. The molecule has 1 saturated carbocycles. The van der Waals surface area contributed by atoms with E-state index >= 15 is 0 Å². The van der Waals surface area contributed by atoms with Crippen LogP contribution in [0.1, 0.15) is 78.6 Å². The summed E-state index contributed by atoms with van der Waals surface area (Å²) in [6.45, 7) is 5.35. The quantitative estimate of drug-likeness (QED) is 0.795. The van der Waals surface area contributed by atoms with Gasteiger partial charge in [0.05, 0.1) is 0 Å². The summed E-state index contributed by atoms with van der Waals surface area (Å²) in [5, 5.41) is 12.3. The fourth-order valence-corrected chi connectivity index (χ4v) is 5.32. The molecule has 3 aliphatic rings. The van der Waals surface area contributed by atoms with Crippen LogP contribution in [0.3, 0.4) is 0 Å². The van der Waals surface area contributed by atoms with Crippen LogP contribution in [0.15, 0.2) is 0 Å². The summed E-state index contributed by atoms with van der Waals surface area (Å²) in [5.41, 5.74) is -0.628. The van der Waals surface area contributed by atoms with Crippen LogP contribution in [0.4, 0.5) is 4.79 Å². The maximum absolute atomic E-state index is 12.1. The first-order chi connectivity index (χ1) is 12.2. The van der Waals surface area contributed by atoms with Crippen molar-refractivity contribution in [1.29, 1.82) is 0 Å². The zero-order chi connectivity index (χ0) is 18.9. The lowest BCUT2D eigenvalue weighted by atomic mass is 9.82. The number of fused-ring (bicyclic) bond motifs is 2. The Labute approximate surface area is 156 Å². The van der Waals surface area contributed by atoms with E-state index in [0.717, 1.165) is 25.7 Å². The zero-order valence-corrected chi connectivity index (χ0v) is 16.4. The van der Waals surface area contributed by atoms with Crippen molar-refractivity contribution in [2.75, 3.05) is 0 Å². The van der Waals surface area contributed by atoms with Gasteiger partial charge in [0.25, 0.3) is 0 Å². The number of carboxylic acids is 1. The van der Waals surface area contributed by atoms with Crippen molar-refractivity contribution in [1.82, 2.24) is 10.2 Å². The molecule has 148 valence electrons. The van der Waals surface area contributed by atoms with Crippen molar-refractivity contribution in [2.45, 2.75) is 108 Å². The monoisotopic (exact) mass is 366 g/mol. The molecule has 3 rings (SSSR count). The van der Waals surface area contributed by atoms with Crippen LogP contribution in [0.5, 0.6) is 0 Å². The Bertz CT molecular complexity index is 510. The Kier molecular flexibility index (Phi) is 5.80. The molecule has 0 aromatic rings. The molecule has 26 heavy (non-hydrogen) atoms. The lowest BCUT2D eigenvalue weighted by molar-refractivity contribution is -0.142. The number of aliphatic carboxylic acids is 1. The minimum Gasteiger partial charge on any atom is -0.480 e. The molecule has 6 heteroatoms. The van der Waals surface area contributed by atoms with Crippen LogP contribution >= 0.6 is 0 Å². The number of carbonyl (C=O) groups excluding carboxylic acids is 1. The molecule has 0 radical (unpaired) electrons. The number of amides is 1. The van der Waals surface area contributed by atoms with Crippen molar-refractivity contribution in [3.63, 3.8) is 0 Å². The van der Waals surface area contributed by atoms with Gasteiger partial charge in [0.2, 0.25) is 0 Å². The fourth-order valence-electron chi connectivity index (χ4n) is 5.32. The van der Waals surface area contributed by atoms with E-state index in [4.69, 9.17) is 4.74 Å². The molecule has 2 aliphatic heterocycles. The molecule has 2 bridgehead atoms. The van der Waals surface area contributed by atoms with Crippen molar-refractivity contribution in [3.8, 4) is 0 Å². The summed E-state index contributed by atoms with van der Waals surface area (Å²) in [6, 6.07) is 0.777. The molecule has 6 nitrogen and oxygen atoms in total. The molecule has 3 fully saturated rings. The average Bonchev–Trinajstić information content (AvgIpc) is 2.81. The van der Waals surface area contributed by atoms with Crippen LogP contribution < -0.4 is 5.32 Å². The van der Waals surface area contributed by atoms with Crippen LogP contribution in [0, 0.1) is 5.92 Å². The van der Waals surface area contributed by atoms with Gasteiger partial charge in [-0.2, -0.15) is 0 Å². The highest BCUT2D eigenvalue weighted by Gasteiger charge is 2.47. The van der Waals surface area contributed by atoms with E-state index < -0.39 is 23.7 Å². The second-order valence-electron chi connectivity index (χ2n) is 9.32. The molecule has 2 N–H and O–H groups in total. The Morgan fingerprint density at radius 3 is 2.08 bits per heavy atom. The molecule has 2 heterocycles. The Morgan fingerprint density at radius 2 is 1.58 bits per heavy atom. The topological polar surface area (TPSA) is 78.9 Å². The van der Waals surface area contributed by atoms with Gasteiger partial charge in [0.1, 0.15) is 11.6 Å². The smallest absolute Gasteiger partial charge is 0.408 e. The largest absolute Gasteiger partial charge is 0.480 e. The van der Waals surface area contributed by atoms with Crippen molar-refractivity contribution < 1.29 is 19.4 Å². The standard InChI is InChI=1S/C20H34N2O4/c1-20(2,3)26-19(25)21-17(18(23)24)13-11-15-9-10-16(12-13)22(15)14-7-5-4-6-8-14/h13-17H,4-12H2,1-3H3,(H,21,25)(H,23,24)/t13?,15?,16?,17-/m0/s1. The number of carboxylic acid groups (broad SMARTS) is 1. The number of rotatable bonds is 4. The fraction of sp³-hybridized carbons (Fsp3) is 0.900.